The van der Waals surface area contributed by atoms with Gasteiger partial charge in [-0.2, -0.15) is 13.2 Å². The van der Waals surface area contributed by atoms with Crippen LogP contribution in [0.3, 0.4) is 0 Å². The van der Waals surface area contributed by atoms with Crippen molar-refractivity contribution >= 4 is 11.7 Å². The average molecular weight is 327 g/mol. The molecule has 2 aromatic rings. The van der Waals surface area contributed by atoms with Gasteiger partial charge in [0.25, 0.3) is 0 Å². The van der Waals surface area contributed by atoms with Gasteiger partial charge in [-0.1, -0.05) is 0 Å². The Bertz CT molecular complexity index is 748. The molecule has 0 unspecified atom stereocenters. The number of aromatic nitrogens is 2. The van der Waals surface area contributed by atoms with Gasteiger partial charge in [-0.25, -0.2) is 9.97 Å². The Morgan fingerprint density at radius 2 is 2.00 bits per heavy atom. The lowest BCUT2D eigenvalue weighted by Crippen LogP contribution is -2.12. The van der Waals surface area contributed by atoms with E-state index < -0.39 is 24.3 Å². The molecule has 23 heavy (non-hydrogen) atoms. The van der Waals surface area contributed by atoms with E-state index in [9.17, 15) is 18.0 Å². The summed E-state index contributed by atoms with van der Waals surface area (Å²) in [5.41, 5.74) is 4.86. The average Bonchev–Trinajstić information content (AvgIpc) is 2.45. The van der Waals surface area contributed by atoms with Crippen LogP contribution in [-0.4, -0.2) is 28.2 Å². The molecule has 0 amide bonds. The molecule has 0 atom stereocenters. The number of aliphatic carboxylic acids is 1. The van der Waals surface area contributed by atoms with Gasteiger partial charge in [0.05, 0.1) is 24.9 Å². The summed E-state index contributed by atoms with van der Waals surface area (Å²) in [6.07, 6.45) is -4.04. The maximum Gasteiger partial charge on any atom is 0.433 e. The minimum absolute atomic E-state index is 0.116. The first kappa shape index (κ1) is 16.5. The van der Waals surface area contributed by atoms with Crippen LogP contribution < -0.4 is 10.5 Å². The normalized spacial score (nSPS) is 11.3. The second-order valence-electron chi connectivity index (χ2n) is 4.62. The lowest BCUT2D eigenvalue weighted by molar-refractivity contribution is -0.142. The molecule has 0 aliphatic heterocycles. The highest BCUT2D eigenvalue weighted by atomic mass is 19.4. The molecule has 6 nitrogen and oxygen atoms in total. The maximum absolute atomic E-state index is 12.9. The fraction of sp³-hybridized carbons (Fsp3) is 0.214. The Morgan fingerprint density at radius 3 is 2.52 bits per heavy atom. The number of carbonyl (C=O) groups is 1. The molecule has 0 radical (unpaired) electrons. The molecule has 2 heterocycles. The molecular weight excluding hydrogens is 315 g/mol. The van der Waals surface area contributed by atoms with Gasteiger partial charge >= 0.3 is 12.1 Å². The lowest BCUT2D eigenvalue weighted by Gasteiger charge is -2.11. The number of anilines is 1. The summed E-state index contributed by atoms with van der Waals surface area (Å²) >= 11 is 0. The number of methoxy groups -OCH3 is 1. The number of halogens is 3. The van der Waals surface area contributed by atoms with Crippen molar-refractivity contribution in [3.05, 3.63) is 35.8 Å². The number of rotatable bonds is 4. The third-order valence-electron chi connectivity index (χ3n) is 2.91. The second-order valence-corrected chi connectivity index (χ2v) is 4.62. The van der Waals surface area contributed by atoms with Crippen LogP contribution in [0.5, 0.6) is 5.88 Å². The Hall–Kier alpha value is -2.84. The van der Waals surface area contributed by atoms with Crippen molar-refractivity contribution in [1.29, 1.82) is 0 Å². The number of alkyl halides is 3. The van der Waals surface area contributed by atoms with Crippen LogP contribution in [0.2, 0.25) is 0 Å². The molecule has 2 rings (SSSR count). The predicted octanol–water partition coefficient (Wildman–Crippen LogP) is 2.38. The second kappa shape index (κ2) is 6.11. The van der Waals surface area contributed by atoms with Gasteiger partial charge in [0.15, 0.2) is 0 Å². The summed E-state index contributed by atoms with van der Waals surface area (Å²) in [4.78, 5) is 18.0. The molecule has 0 saturated carbocycles. The van der Waals surface area contributed by atoms with Crippen LogP contribution >= 0.6 is 0 Å². The topological polar surface area (TPSA) is 98.3 Å². The van der Waals surface area contributed by atoms with E-state index in [1.54, 1.807) is 0 Å². The van der Waals surface area contributed by atoms with Crippen LogP contribution in [0.25, 0.3) is 11.1 Å². The molecule has 0 spiro atoms. The summed E-state index contributed by atoms with van der Waals surface area (Å²) in [6.45, 7) is 0. The predicted molar refractivity (Wildman–Crippen MR) is 74.8 cm³/mol. The van der Waals surface area contributed by atoms with Crippen molar-refractivity contribution in [2.75, 3.05) is 12.8 Å². The third kappa shape index (κ3) is 3.87. The van der Waals surface area contributed by atoms with E-state index in [2.05, 4.69) is 9.97 Å². The minimum Gasteiger partial charge on any atom is -0.481 e. The van der Waals surface area contributed by atoms with Gasteiger partial charge in [0, 0.05) is 11.8 Å². The van der Waals surface area contributed by atoms with Gasteiger partial charge in [-0.15, -0.1) is 0 Å². The van der Waals surface area contributed by atoms with Crippen molar-refractivity contribution in [2.24, 2.45) is 0 Å². The molecule has 0 fully saturated rings. The van der Waals surface area contributed by atoms with E-state index in [1.165, 1.54) is 25.4 Å². The standard InChI is InChI=1S/C14H12F3N3O3/c1-23-13-10(18)3-8(6-19-13)7-2-9(5-12(21)22)20-11(4-7)14(15,16)17/h2-4,6H,5,18H2,1H3,(H,21,22). The summed E-state index contributed by atoms with van der Waals surface area (Å²) < 4.78 is 43.7. The van der Waals surface area contributed by atoms with Crippen LogP contribution in [0.1, 0.15) is 11.4 Å². The van der Waals surface area contributed by atoms with E-state index in [1.807, 2.05) is 0 Å². The zero-order valence-electron chi connectivity index (χ0n) is 11.9. The SMILES string of the molecule is COc1ncc(-c2cc(CC(=O)O)nc(C(F)(F)F)c2)cc1N. The number of nitrogens with zero attached hydrogens (tertiary/aromatic N) is 2. The van der Waals surface area contributed by atoms with Crippen LogP contribution in [0.15, 0.2) is 24.4 Å². The maximum atomic E-state index is 12.9. The molecule has 9 heteroatoms. The molecule has 122 valence electrons. The van der Waals surface area contributed by atoms with E-state index >= 15 is 0 Å². The van der Waals surface area contributed by atoms with Crippen molar-refractivity contribution in [3.63, 3.8) is 0 Å². The van der Waals surface area contributed by atoms with Crippen LogP contribution in [0, 0.1) is 0 Å². The minimum atomic E-state index is -4.70. The first-order valence-electron chi connectivity index (χ1n) is 6.30. The third-order valence-corrected chi connectivity index (χ3v) is 2.91. The van der Waals surface area contributed by atoms with Gasteiger partial charge in [-0.05, 0) is 23.8 Å². The zero-order valence-corrected chi connectivity index (χ0v) is 11.9. The monoisotopic (exact) mass is 327 g/mol. The van der Waals surface area contributed by atoms with E-state index in [4.69, 9.17) is 15.6 Å². The molecular formula is C14H12F3N3O3. The first-order valence-corrected chi connectivity index (χ1v) is 6.30. The van der Waals surface area contributed by atoms with E-state index in [0.717, 1.165) is 6.07 Å². The molecule has 3 N–H and O–H groups in total. The number of carboxylic acid groups (broad SMARTS) is 1. The van der Waals surface area contributed by atoms with Gasteiger partial charge in [-0.3, -0.25) is 4.79 Å². The lowest BCUT2D eigenvalue weighted by atomic mass is 10.0. The largest absolute Gasteiger partial charge is 0.481 e. The molecule has 0 bridgehead atoms. The van der Waals surface area contributed by atoms with Crippen molar-refractivity contribution in [1.82, 2.24) is 9.97 Å². The highest BCUT2D eigenvalue weighted by Crippen LogP contribution is 2.32. The summed E-state index contributed by atoms with van der Waals surface area (Å²) in [5, 5.41) is 8.76. The quantitative estimate of drug-likeness (QED) is 0.894. The number of carboxylic acids is 1. The Morgan fingerprint density at radius 1 is 1.30 bits per heavy atom. The van der Waals surface area contributed by atoms with Gasteiger partial charge in [0.1, 0.15) is 5.69 Å². The Kier molecular flexibility index (Phi) is 4.39. The number of ether oxygens (including phenoxy) is 1. The van der Waals surface area contributed by atoms with Crippen molar-refractivity contribution in [2.45, 2.75) is 12.6 Å². The Labute approximate surface area is 128 Å². The molecule has 0 aliphatic rings. The smallest absolute Gasteiger partial charge is 0.433 e. The number of hydrogen-bond acceptors (Lipinski definition) is 5. The van der Waals surface area contributed by atoms with Gasteiger partial charge in [0.2, 0.25) is 5.88 Å². The van der Waals surface area contributed by atoms with E-state index in [0.29, 0.717) is 5.56 Å². The van der Waals surface area contributed by atoms with E-state index in [-0.39, 0.29) is 22.8 Å². The molecule has 0 saturated heterocycles. The molecule has 0 aliphatic carbocycles. The van der Waals surface area contributed by atoms with Crippen LogP contribution in [-0.2, 0) is 17.4 Å². The number of hydrogen-bond donors (Lipinski definition) is 2. The number of nitrogens with two attached hydrogens (primary N) is 1. The molecule has 2 aromatic heterocycles. The highest BCUT2D eigenvalue weighted by molar-refractivity contribution is 5.72. The number of pyridine rings is 2. The fourth-order valence-electron chi connectivity index (χ4n) is 1.94. The van der Waals surface area contributed by atoms with Crippen molar-refractivity contribution < 1.29 is 27.8 Å². The van der Waals surface area contributed by atoms with Crippen molar-refractivity contribution in [3.8, 4) is 17.0 Å². The Balaban J connectivity index is 2.56. The molecule has 0 aromatic carbocycles. The zero-order chi connectivity index (χ0) is 17.2. The highest BCUT2D eigenvalue weighted by Gasteiger charge is 2.33. The summed E-state index contributed by atoms with van der Waals surface area (Å²) in [6, 6.07) is 3.46. The van der Waals surface area contributed by atoms with Gasteiger partial charge < -0.3 is 15.6 Å². The van der Waals surface area contributed by atoms with Crippen LogP contribution in [0.4, 0.5) is 18.9 Å². The number of nitrogen functional groups attached to an aromatic ring is 1. The fourth-order valence-corrected chi connectivity index (χ4v) is 1.94. The summed E-state index contributed by atoms with van der Waals surface area (Å²) in [7, 11) is 1.36. The first-order chi connectivity index (χ1) is 10.7. The summed E-state index contributed by atoms with van der Waals surface area (Å²) in [5.74, 6) is -1.14.